The van der Waals surface area contributed by atoms with E-state index in [1.807, 2.05) is 19.9 Å². The minimum atomic E-state index is -0.126. The van der Waals surface area contributed by atoms with Gasteiger partial charge in [0.1, 0.15) is 5.69 Å². The summed E-state index contributed by atoms with van der Waals surface area (Å²) in [5.41, 5.74) is 1.41. The maximum Gasteiger partial charge on any atom is 0.270 e. The lowest BCUT2D eigenvalue weighted by atomic mass is 10.1. The maximum absolute atomic E-state index is 11.7. The van der Waals surface area contributed by atoms with E-state index >= 15 is 0 Å². The number of rotatable bonds is 6. The molecule has 4 heteroatoms. The van der Waals surface area contributed by atoms with Gasteiger partial charge in [0.2, 0.25) is 0 Å². The molecule has 0 aliphatic carbocycles. The number of nitrogens with zero attached hydrogens (tertiary/aromatic N) is 1. The van der Waals surface area contributed by atoms with Crippen molar-refractivity contribution in [3.63, 3.8) is 0 Å². The van der Waals surface area contributed by atoms with Crippen LogP contribution in [0.3, 0.4) is 0 Å². The van der Waals surface area contributed by atoms with Crippen molar-refractivity contribution in [1.82, 2.24) is 10.3 Å². The zero-order valence-electron chi connectivity index (χ0n) is 11.7. The Morgan fingerprint density at radius 2 is 2.00 bits per heavy atom. The van der Waals surface area contributed by atoms with Crippen LogP contribution in [0.25, 0.3) is 0 Å². The van der Waals surface area contributed by atoms with E-state index in [1.54, 1.807) is 12.3 Å². The van der Waals surface area contributed by atoms with Gasteiger partial charge in [-0.3, -0.25) is 4.79 Å². The summed E-state index contributed by atoms with van der Waals surface area (Å²) in [7, 11) is 0. The first-order valence-electron chi connectivity index (χ1n) is 6.50. The lowest BCUT2D eigenvalue weighted by Gasteiger charge is -2.10. The summed E-state index contributed by atoms with van der Waals surface area (Å²) in [4.78, 5) is 15.8. The van der Waals surface area contributed by atoms with Crippen LogP contribution in [-0.4, -0.2) is 23.5 Å². The first-order chi connectivity index (χ1) is 8.49. The van der Waals surface area contributed by atoms with Crippen LogP contribution in [0.4, 0.5) is 5.69 Å². The van der Waals surface area contributed by atoms with Crippen LogP contribution in [0.2, 0.25) is 0 Å². The zero-order chi connectivity index (χ0) is 13.5. The van der Waals surface area contributed by atoms with E-state index in [4.69, 9.17) is 0 Å². The number of nitrogens with one attached hydrogen (secondary N) is 2. The summed E-state index contributed by atoms with van der Waals surface area (Å²) >= 11 is 0. The van der Waals surface area contributed by atoms with Crippen LogP contribution in [-0.2, 0) is 0 Å². The molecule has 0 spiro atoms. The van der Waals surface area contributed by atoms with Crippen molar-refractivity contribution in [2.75, 3.05) is 11.9 Å². The van der Waals surface area contributed by atoms with Gasteiger partial charge in [-0.05, 0) is 38.3 Å². The molecule has 0 aliphatic rings. The van der Waals surface area contributed by atoms with Gasteiger partial charge in [0.25, 0.3) is 5.91 Å². The molecule has 0 saturated carbocycles. The van der Waals surface area contributed by atoms with Crippen molar-refractivity contribution in [3.05, 3.63) is 24.0 Å². The Kier molecular flexibility index (Phi) is 5.62. The minimum absolute atomic E-state index is 0.126. The molecular weight excluding hydrogens is 226 g/mol. The third kappa shape index (κ3) is 5.17. The summed E-state index contributed by atoms with van der Waals surface area (Å²) in [6.45, 7) is 9.18. The van der Waals surface area contributed by atoms with Gasteiger partial charge in [0.15, 0.2) is 0 Å². The van der Waals surface area contributed by atoms with Crippen molar-refractivity contribution in [1.29, 1.82) is 0 Å². The molecule has 0 saturated heterocycles. The van der Waals surface area contributed by atoms with Crippen LogP contribution < -0.4 is 10.6 Å². The summed E-state index contributed by atoms with van der Waals surface area (Å²) in [6, 6.07) is 3.76. The van der Waals surface area contributed by atoms with E-state index in [-0.39, 0.29) is 11.9 Å². The summed E-state index contributed by atoms with van der Waals surface area (Å²) in [5.74, 6) is 0.556. The number of carbonyl (C=O) groups excluding carboxylic acids is 1. The van der Waals surface area contributed by atoms with Crippen molar-refractivity contribution < 1.29 is 4.79 Å². The fourth-order valence-electron chi connectivity index (χ4n) is 1.47. The van der Waals surface area contributed by atoms with Gasteiger partial charge in [-0.15, -0.1) is 0 Å². The molecule has 0 aromatic carbocycles. The normalized spacial score (nSPS) is 10.8. The SMILES string of the molecule is CC(C)CCNc1ccc(C(=O)NC(C)C)nc1. The minimum Gasteiger partial charge on any atom is -0.384 e. The average molecular weight is 249 g/mol. The number of carbonyl (C=O) groups is 1. The smallest absolute Gasteiger partial charge is 0.270 e. The van der Waals surface area contributed by atoms with Gasteiger partial charge < -0.3 is 10.6 Å². The van der Waals surface area contributed by atoms with Crippen LogP contribution >= 0.6 is 0 Å². The second kappa shape index (κ2) is 6.99. The molecule has 0 unspecified atom stereocenters. The molecule has 0 bridgehead atoms. The van der Waals surface area contributed by atoms with E-state index in [9.17, 15) is 4.79 Å². The second-order valence-electron chi connectivity index (χ2n) is 5.17. The fourth-order valence-corrected chi connectivity index (χ4v) is 1.47. The van der Waals surface area contributed by atoms with E-state index in [0.717, 1.165) is 18.7 Å². The molecule has 1 amide bonds. The van der Waals surface area contributed by atoms with Crippen LogP contribution in [0.1, 0.15) is 44.6 Å². The van der Waals surface area contributed by atoms with Crippen molar-refractivity contribution in [2.45, 2.75) is 40.2 Å². The third-order valence-electron chi connectivity index (χ3n) is 2.47. The molecule has 100 valence electrons. The van der Waals surface area contributed by atoms with Crippen LogP contribution in [0.5, 0.6) is 0 Å². The topological polar surface area (TPSA) is 54.0 Å². The molecule has 1 aromatic heterocycles. The van der Waals surface area contributed by atoms with E-state index in [0.29, 0.717) is 11.6 Å². The largest absolute Gasteiger partial charge is 0.384 e. The summed E-state index contributed by atoms with van der Waals surface area (Å²) in [6.07, 6.45) is 2.82. The maximum atomic E-state index is 11.7. The van der Waals surface area contributed by atoms with Crippen molar-refractivity contribution in [3.8, 4) is 0 Å². The molecule has 1 aromatic rings. The molecular formula is C14H23N3O. The molecule has 4 nitrogen and oxygen atoms in total. The number of amides is 1. The molecule has 0 radical (unpaired) electrons. The Labute approximate surface area is 109 Å². The van der Waals surface area contributed by atoms with Crippen LogP contribution in [0.15, 0.2) is 18.3 Å². The predicted molar refractivity (Wildman–Crippen MR) is 74.8 cm³/mol. The fraction of sp³-hybridized carbons (Fsp3) is 0.571. The Hall–Kier alpha value is -1.58. The predicted octanol–water partition coefficient (Wildman–Crippen LogP) is 2.68. The number of aromatic nitrogens is 1. The quantitative estimate of drug-likeness (QED) is 0.815. The summed E-state index contributed by atoms with van der Waals surface area (Å²) in [5, 5.41) is 6.10. The van der Waals surface area contributed by atoms with Gasteiger partial charge in [-0.1, -0.05) is 13.8 Å². The molecule has 18 heavy (non-hydrogen) atoms. The molecule has 1 heterocycles. The third-order valence-corrected chi connectivity index (χ3v) is 2.47. The lowest BCUT2D eigenvalue weighted by molar-refractivity contribution is 0.0938. The molecule has 2 N–H and O–H groups in total. The molecule has 0 fully saturated rings. The molecule has 1 rings (SSSR count). The molecule has 0 atom stereocenters. The first-order valence-corrected chi connectivity index (χ1v) is 6.50. The standard InChI is InChI=1S/C14H23N3O/c1-10(2)7-8-15-12-5-6-13(16-9-12)14(18)17-11(3)4/h5-6,9-11,15H,7-8H2,1-4H3,(H,17,18). The number of hydrogen-bond acceptors (Lipinski definition) is 3. The van der Waals surface area contributed by atoms with Gasteiger partial charge in [-0.25, -0.2) is 4.98 Å². The number of anilines is 1. The van der Waals surface area contributed by atoms with Gasteiger partial charge in [-0.2, -0.15) is 0 Å². The highest BCUT2D eigenvalue weighted by Gasteiger charge is 2.07. The Morgan fingerprint density at radius 3 is 2.50 bits per heavy atom. The Morgan fingerprint density at radius 1 is 1.28 bits per heavy atom. The van der Waals surface area contributed by atoms with Gasteiger partial charge >= 0.3 is 0 Å². The summed E-state index contributed by atoms with van der Waals surface area (Å²) < 4.78 is 0. The highest BCUT2D eigenvalue weighted by molar-refractivity contribution is 5.92. The highest BCUT2D eigenvalue weighted by Crippen LogP contribution is 2.07. The first kappa shape index (κ1) is 14.5. The Balaban J connectivity index is 2.49. The Bertz CT molecular complexity index is 371. The van der Waals surface area contributed by atoms with Crippen LogP contribution in [0, 0.1) is 5.92 Å². The number of hydrogen-bond donors (Lipinski definition) is 2. The molecule has 0 aliphatic heterocycles. The van der Waals surface area contributed by atoms with Crippen molar-refractivity contribution in [2.24, 2.45) is 5.92 Å². The van der Waals surface area contributed by atoms with Gasteiger partial charge in [0, 0.05) is 12.6 Å². The van der Waals surface area contributed by atoms with Gasteiger partial charge in [0.05, 0.1) is 11.9 Å². The van der Waals surface area contributed by atoms with E-state index in [1.165, 1.54) is 0 Å². The van der Waals surface area contributed by atoms with Crippen molar-refractivity contribution >= 4 is 11.6 Å². The number of pyridine rings is 1. The van der Waals surface area contributed by atoms with E-state index in [2.05, 4.69) is 29.5 Å². The lowest BCUT2D eigenvalue weighted by Crippen LogP contribution is -2.30. The highest BCUT2D eigenvalue weighted by atomic mass is 16.1. The average Bonchev–Trinajstić information content (AvgIpc) is 2.28. The monoisotopic (exact) mass is 249 g/mol. The zero-order valence-corrected chi connectivity index (χ0v) is 11.7. The van der Waals surface area contributed by atoms with E-state index < -0.39 is 0 Å². The second-order valence-corrected chi connectivity index (χ2v) is 5.17.